The number of ether oxygens (including phenoxy) is 1. The minimum Gasteiger partial charge on any atom is -0.463 e. The summed E-state index contributed by atoms with van der Waals surface area (Å²) in [5, 5.41) is 0. The average molecular weight is 209 g/mol. The van der Waals surface area contributed by atoms with Crippen LogP contribution in [0, 0.1) is 0 Å². The molecule has 3 nitrogen and oxygen atoms in total. The zero-order valence-electron chi connectivity index (χ0n) is 9.19. The SMILES string of the molecule is CCCCN.O=COCc1ccccc1. The molecule has 0 aromatic heterocycles. The van der Waals surface area contributed by atoms with Crippen molar-refractivity contribution < 1.29 is 9.53 Å². The van der Waals surface area contributed by atoms with Crippen molar-refractivity contribution in [2.75, 3.05) is 6.54 Å². The van der Waals surface area contributed by atoms with Crippen molar-refractivity contribution in [2.45, 2.75) is 26.4 Å². The Hall–Kier alpha value is -1.35. The van der Waals surface area contributed by atoms with Gasteiger partial charge in [0.1, 0.15) is 6.61 Å². The Morgan fingerprint density at radius 1 is 1.33 bits per heavy atom. The number of carbonyl (C=O) groups is 1. The van der Waals surface area contributed by atoms with E-state index in [9.17, 15) is 4.79 Å². The third-order valence-electron chi connectivity index (χ3n) is 1.72. The van der Waals surface area contributed by atoms with Gasteiger partial charge in [0.25, 0.3) is 6.47 Å². The molecule has 0 aliphatic carbocycles. The molecular formula is C12H19NO2. The van der Waals surface area contributed by atoms with Crippen molar-refractivity contribution in [3.63, 3.8) is 0 Å². The van der Waals surface area contributed by atoms with Gasteiger partial charge in [-0.3, -0.25) is 4.79 Å². The van der Waals surface area contributed by atoms with Gasteiger partial charge in [0.05, 0.1) is 0 Å². The van der Waals surface area contributed by atoms with Crippen molar-refractivity contribution in [3.05, 3.63) is 35.9 Å². The molecule has 0 heterocycles. The topological polar surface area (TPSA) is 52.3 Å². The fourth-order valence-corrected chi connectivity index (χ4v) is 0.909. The van der Waals surface area contributed by atoms with Crippen LogP contribution in [0.1, 0.15) is 25.3 Å². The van der Waals surface area contributed by atoms with Gasteiger partial charge in [0, 0.05) is 0 Å². The minimum absolute atomic E-state index is 0.365. The first-order chi connectivity index (χ1) is 7.35. The van der Waals surface area contributed by atoms with E-state index in [4.69, 9.17) is 5.73 Å². The first-order valence-corrected chi connectivity index (χ1v) is 5.14. The lowest BCUT2D eigenvalue weighted by Gasteiger charge is -1.95. The summed E-state index contributed by atoms with van der Waals surface area (Å²) in [6.07, 6.45) is 2.39. The van der Waals surface area contributed by atoms with E-state index in [1.807, 2.05) is 30.3 Å². The third kappa shape index (κ3) is 8.97. The molecule has 0 aliphatic heterocycles. The summed E-state index contributed by atoms with van der Waals surface area (Å²) in [6.45, 7) is 3.79. The van der Waals surface area contributed by atoms with Gasteiger partial charge in [-0.2, -0.15) is 0 Å². The lowest BCUT2D eigenvalue weighted by atomic mass is 10.2. The summed E-state index contributed by atoms with van der Waals surface area (Å²) in [5.74, 6) is 0. The van der Waals surface area contributed by atoms with Gasteiger partial charge in [0.15, 0.2) is 0 Å². The van der Waals surface area contributed by atoms with Gasteiger partial charge in [-0.15, -0.1) is 0 Å². The largest absolute Gasteiger partial charge is 0.463 e. The predicted octanol–water partition coefficient (Wildman–Crippen LogP) is 2.10. The van der Waals surface area contributed by atoms with Crippen LogP contribution < -0.4 is 5.73 Å². The molecule has 0 aliphatic rings. The fraction of sp³-hybridized carbons (Fsp3) is 0.417. The molecule has 0 bridgehead atoms. The number of carbonyl (C=O) groups excluding carboxylic acids is 1. The summed E-state index contributed by atoms with van der Waals surface area (Å²) >= 11 is 0. The van der Waals surface area contributed by atoms with Gasteiger partial charge < -0.3 is 10.5 Å². The summed E-state index contributed by atoms with van der Waals surface area (Å²) in [7, 11) is 0. The van der Waals surface area contributed by atoms with Gasteiger partial charge in [0.2, 0.25) is 0 Å². The van der Waals surface area contributed by atoms with Gasteiger partial charge in [-0.05, 0) is 18.5 Å². The van der Waals surface area contributed by atoms with Gasteiger partial charge in [-0.25, -0.2) is 0 Å². The molecule has 1 aromatic carbocycles. The third-order valence-corrected chi connectivity index (χ3v) is 1.72. The first kappa shape index (κ1) is 13.7. The Morgan fingerprint density at radius 3 is 2.40 bits per heavy atom. The maximum atomic E-state index is 9.76. The highest BCUT2D eigenvalue weighted by Gasteiger charge is 1.87. The average Bonchev–Trinajstić information content (AvgIpc) is 2.30. The quantitative estimate of drug-likeness (QED) is 0.755. The second-order valence-corrected chi connectivity index (χ2v) is 3.04. The van der Waals surface area contributed by atoms with E-state index in [-0.39, 0.29) is 0 Å². The molecule has 0 spiro atoms. The standard InChI is InChI=1S/C8H8O2.C4H11N/c9-7-10-6-8-4-2-1-3-5-8;1-2-3-4-5/h1-5,7H,6H2;2-5H2,1H3. The van der Waals surface area contributed by atoms with E-state index in [0.29, 0.717) is 13.1 Å². The zero-order valence-corrected chi connectivity index (χ0v) is 9.19. The first-order valence-electron chi connectivity index (χ1n) is 5.14. The van der Waals surface area contributed by atoms with Crippen LogP contribution in [-0.2, 0) is 16.1 Å². The lowest BCUT2D eigenvalue weighted by molar-refractivity contribution is -0.129. The molecule has 84 valence electrons. The Bertz CT molecular complexity index is 235. The van der Waals surface area contributed by atoms with Crippen molar-refractivity contribution >= 4 is 6.47 Å². The Kier molecular flexibility index (Phi) is 9.76. The van der Waals surface area contributed by atoms with Crippen LogP contribution in [0.3, 0.4) is 0 Å². The van der Waals surface area contributed by atoms with Crippen LogP contribution in [0.4, 0.5) is 0 Å². The Morgan fingerprint density at radius 2 is 2.00 bits per heavy atom. The minimum atomic E-state index is 0.365. The van der Waals surface area contributed by atoms with Crippen LogP contribution in [0.2, 0.25) is 0 Å². The summed E-state index contributed by atoms with van der Waals surface area (Å²) < 4.78 is 4.54. The lowest BCUT2D eigenvalue weighted by Crippen LogP contribution is -1.95. The number of hydrogen-bond acceptors (Lipinski definition) is 3. The summed E-state index contributed by atoms with van der Waals surface area (Å²) in [5.41, 5.74) is 6.15. The van der Waals surface area contributed by atoms with E-state index in [1.54, 1.807) is 0 Å². The van der Waals surface area contributed by atoms with E-state index in [1.165, 1.54) is 12.8 Å². The van der Waals surface area contributed by atoms with Gasteiger partial charge in [-0.1, -0.05) is 43.7 Å². The highest BCUT2D eigenvalue weighted by molar-refractivity contribution is 5.37. The Labute approximate surface area is 91.2 Å². The molecule has 3 heteroatoms. The van der Waals surface area contributed by atoms with Crippen molar-refractivity contribution in [2.24, 2.45) is 5.73 Å². The molecule has 2 N–H and O–H groups in total. The van der Waals surface area contributed by atoms with Crippen LogP contribution in [0.25, 0.3) is 0 Å². The highest BCUT2D eigenvalue weighted by Crippen LogP contribution is 1.98. The molecule has 0 fully saturated rings. The molecule has 0 radical (unpaired) electrons. The molecule has 1 rings (SSSR count). The monoisotopic (exact) mass is 209 g/mol. The second kappa shape index (κ2) is 10.7. The van der Waals surface area contributed by atoms with Crippen LogP contribution >= 0.6 is 0 Å². The van der Waals surface area contributed by atoms with E-state index in [2.05, 4.69) is 11.7 Å². The number of nitrogens with two attached hydrogens (primary N) is 1. The second-order valence-electron chi connectivity index (χ2n) is 3.04. The molecular weight excluding hydrogens is 190 g/mol. The van der Waals surface area contributed by atoms with Crippen molar-refractivity contribution in [1.82, 2.24) is 0 Å². The highest BCUT2D eigenvalue weighted by atomic mass is 16.5. The Balaban J connectivity index is 0.000000336. The number of unbranched alkanes of at least 4 members (excludes halogenated alkanes) is 1. The molecule has 0 unspecified atom stereocenters. The summed E-state index contributed by atoms with van der Waals surface area (Å²) in [6, 6.07) is 9.55. The zero-order chi connectivity index (χ0) is 11.4. The van der Waals surface area contributed by atoms with E-state index in [0.717, 1.165) is 12.1 Å². The molecule has 1 aromatic rings. The van der Waals surface area contributed by atoms with Crippen LogP contribution in [0.5, 0.6) is 0 Å². The van der Waals surface area contributed by atoms with Crippen molar-refractivity contribution in [3.8, 4) is 0 Å². The van der Waals surface area contributed by atoms with Crippen LogP contribution in [-0.4, -0.2) is 13.0 Å². The maximum Gasteiger partial charge on any atom is 0.293 e. The molecule has 0 saturated heterocycles. The fourth-order valence-electron chi connectivity index (χ4n) is 0.909. The number of benzene rings is 1. The molecule has 0 atom stereocenters. The molecule has 0 saturated carbocycles. The van der Waals surface area contributed by atoms with E-state index >= 15 is 0 Å². The maximum absolute atomic E-state index is 9.76. The van der Waals surface area contributed by atoms with E-state index < -0.39 is 0 Å². The molecule has 15 heavy (non-hydrogen) atoms. The van der Waals surface area contributed by atoms with Gasteiger partial charge >= 0.3 is 0 Å². The van der Waals surface area contributed by atoms with Crippen LogP contribution in [0.15, 0.2) is 30.3 Å². The molecule has 0 amide bonds. The number of rotatable bonds is 5. The predicted molar refractivity (Wildman–Crippen MR) is 61.3 cm³/mol. The van der Waals surface area contributed by atoms with Crippen molar-refractivity contribution in [1.29, 1.82) is 0 Å². The summed E-state index contributed by atoms with van der Waals surface area (Å²) in [4.78, 5) is 9.76. The number of hydrogen-bond donors (Lipinski definition) is 1. The normalized spacial score (nSPS) is 8.67. The smallest absolute Gasteiger partial charge is 0.293 e.